The number of amides is 1. The zero-order valence-electron chi connectivity index (χ0n) is 9.09. The van der Waals surface area contributed by atoms with Gasteiger partial charge in [-0.2, -0.15) is 0 Å². The van der Waals surface area contributed by atoms with Crippen LogP contribution >= 0.6 is 0 Å². The third-order valence-electron chi connectivity index (χ3n) is 3.39. The minimum absolute atomic E-state index is 0.0294. The van der Waals surface area contributed by atoms with Gasteiger partial charge in [0, 0.05) is 12.5 Å². The minimum atomic E-state index is -0.458. The normalized spacial score (nSPS) is 33.2. The summed E-state index contributed by atoms with van der Waals surface area (Å²) in [5, 5.41) is 9.30. The third-order valence-corrected chi connectivity index (χ3v) is 3.39. The predicted molar refractivity (Wildman–Crippen MR) is 52.5 cm³/mol. The molecule has 0 aromatic rings. The van der Waals surface area contributed by atoms with Crippen LogP contribution in [0, 0.1) is 11.8 Å². The van der Waals surface area contributed by atoms with Gasteiger partial charge in [0.25, 0.3) is 0 Å². The molecule has 1 N–H and O–H groups in total. The number of likely N-dealkylation sites (tertiary alicyclic amines) is 1. The molecule has 2 heterocycles. The van der Waals surface area contributed by atoms with Crippen LogP contribution in [0.15, 0.2) is 0 Å². The highest BCUT2D eigenvalue weighted by atomic mass is 16.5. The average molecular weight is 229 g/mol. The molecule has 2 aliphatic rings. The van der Waals surface area contributed by atoms with E-state index in [4.69, 9.17) is 4.74 Å². The average Bonchev–Trinajstić information content (AvgIpc) is 2.65. The van der Waals surface area contributed by atoms with Crippen LogP contribution in [0.2, 0.25) is 0 Å². The monoisotopic (exact) mass is 229 g/mol. The fourth-order valence-electron chi connectivity index (χ4n) is 2.56. The number of methoxy groups -OCH3 is 1. The van der Waals surface area contributed by atoms with Gasteiger partial charge in [-0.05, 0) is 5.92 Å². The number of hydrogen-bond donors (Lipinski definition) is 1. The van der Waals surface area contributed by atoms with Crippen molar-refractivity contribution in [2.75, 3.05) is 26.9 Å². The Labute approximate surface area is 93.1 Å². The van der Waals surface area contributed by atoms with Crippen molar-refractivity contribution in [1.82, 2.24) is 4.90 Å². The summed E-state index contributed by atoms with van der Waals surface area (Å²) in [6.45, 7) is 0.605. The highest BCUT2D eigenvalue weighted by Gasteiger charge is 2.47. The number of carbonyl (C=O) groups excluding carboxylic acids is 2. The number of esters is 1. The van der Waals surface area contributed by atoms with Gasteiger partial charge in [-0.3, -0.25) is 4.79 Å². The van der Waals surface area contributed by atoms with Crippen LogP contribution in [0.3, 0.4) is 0 Å². The molecular weight excluding hydrogens is 214 g/mol. The molecule has 2 fully saturated rings. The van der Waals surface area contributed by atoms with E-state index >= 15 is 0 Å². The second kappa shape index (κ2) is 4.29. The highest BCUT2D eigenvalue weighted by Crippen LogP contribution is 2.35. The van der Waals surface area contributed by atoms with Gasteiger partial charge in [-0.25, -0.2) is 4.79 Å². The van der Waals surface area contributed by atoms with E-state index in [1.54, 1.807) is 0 Å². The van der Waals surface area contributed by atoms with Gasteiger partial charge < -0.3 is 19.5 Å². The fourth-order valence-corrected chi connectivity index (χ4v) is 2.56. The molecule has 0 aromatic heterocycles. The van der Waals surface area contributed by atoms with Crippen molar-refractivity contribution >= 4 is 12.1 Å². The summed E-state index contributed by atoms with van der Waals surface area (Å²) in [4.78, 5) is 24.1. The lowest BCUT2D eigenvalue weighted by atomic mass is 9.87. The smallest absolute Gasteiger partial charge is 0.409 e. The summed E-state index contributed by atoms with van der Waals surface area (Å²) < 4.78 is 9.61. The number of hydrogen-bond acceptors (Lipinski definition) is 5. The van der Waals surface area contributed by atoms with Crippen LogP contribution in [-0.2, 0) is 14.3 Å². The van der Waals surface area contributed by atoms with E-state index in [1.165, 1.54) is 12.0 Å². The summed E-state index contributed by atoms with van der Waals surface area (Å²) in [7, 11) is 1.31. The number of rotatable bonds is 1. The van der Waals surface area contributed by atoms with E-state index in [9.17, 15) is 14.7 Å². The van der Waals surface area contributed by atoms with Crippen molar-refractivity contribution in [2.45, 2.75) is 12.5 Å². The first kappa shape index (κ1) is 11.2. The lowest BCUT2D eigenvalue weighted by Crippen LogP contribution is -2.42. The molecule has 6 nitrogen and oxygen atoms in total. The Hall–Kier alpha value is -1.30. The van der Waals surface area contributed by atoms with Gasteiger partial charge in [0.15, 0.2) is 0 Å². The zero-order valence-corrected chi connectivity index (χ0v) is 9.09. The van der Waals surface area contributed by atoms with Crippen molar-refractivity contribution in [1.29, 1.82) is 0 Å². The SMILES string of the molecule is COC(=O)N1CC2CC(=O)OCC2[C@H]1CO. The number of carbonyl (C=O) groups is 2. The Morgan fingerprint density at radius 1 is 1.69 bits per heavy atom. The van der Waals surface area contributed by atoms with E-state index in [-0.39, 0.29) is 37.1 Å². The van der Waals surface area contributed by atoms with Gasteiger partial charge in [-0.15, -0.1) is 0 Å². The first-order valence-electron chi connectivity index (χ1n) is 5.28. The Kier molecular flexibility index (Phi) is 3.00. The first-order valence-corrected chi connectivity index (χ1v) is 5.28. The van der Waals surface area contributed by atoms with Gasteiger partial charge in [0.2, 0.25) is 0 Å². The maximum atomic E-state index is 11.5. The van der Waals surface area contributed by atoms with Crippen molar-refractivity contribution < 1.29 is 24.2 Å². The topological polar surface area (TPSA) is 76.1 Å². The molecule has 2 rings (SSSR count). The first-order chi connectivity index (χ1) is 7.67. The lowest BCUT2D eigenvalue weighted by Gasteiger charge is -2.27. The maximum Gasteiger partial charge on any atom is 0.409 e. The standard InChI is InChI=1S/C10H15NO5/c1-15-10(14)11-3-6-2-9(13)16-5-7(6)8(11)4-12/h6-8,12H,2-5H2,1H3/t6?,7?,8-/m1/s1. The van der Waals surface area contributed by atoms with Gasteiger partial charge in [0.05, 0.1) is 32.8 Å². The third kappa shape index (κ3) is 1.73. The second-order valence-electron chi connectivity index (χ2n) is 4.18. The summed E-state index contributed by atoms with van der Waals surface area (Å²) in [6, 6.07) is -0.300. The summed E-state index contributed by atoms with van der Waals surface area (Å²) in [5.74, 6) is -0.121. The predicted octanol–water partition coefficient (Wildman–Crippen LogP) is -0.391. The molecule has 2 unspecified atom stereocenters. The van der Waals surface area contributed by atoms with Gasteiger partial charge in [0.1, 0.15) is 0 Å². The second-order valence-corrected chi connectivity index (χ2v) is 4.18. The zero-order chi connectivity index (χ0) is 11.7. The van der Waals surface area contributed by atoms with Crippen molar-refractivity contribution in [2.24, 2.45) is 11.8 Å². The number of aliphatic hydroxyl groups excluding tert-OH is 1. The van der Waals surface area contributed by atoms with Crippen LogP contribution in [0.25, 0.3) is 0 Å². The molecule has 1 amide bonds. The molecule has 2 aliphatic heterocycles. The van der Waals surface area contributed by atoms with E-state index in [0.717, 1.165) is 0 Å². The molecule has 6 heteroatoms. The number of ether oxygens (including phenoxy) is 2. The van der Waals surface area contributed by atoms with E-state index in [0.29, 0.717) is 13.0 Å². The van der Waals surface area contributed by atoms with Crippen molar-refractivity contribution in [3.8, 4) is 0 Å². The largest absolute Gasteiger partial charge is 0.465 e. The van der Waals surface area contributed by atoms with Crippen LogP contribution in [-0.4, -0.2) is 55.0 Å². The fraction of sp³-hybridized carbons (Fsp3) is 0.800. The Balaban J connectivity index is 2.13. The molecule has 90 valence electrons. The molecule has 16 heavy (non-hydrogen) atoms. The molecular formula is C10H15NO5. The highest BCUT2D eigenvalue weighted by molar-refractivity contribution is 5.72. The minimum Gasteiger partial charge on any atom is -0.465 e. The molecule has 0 aromatic carbocycles. The number of cyclic esters (lactones) is 1. The van der Waals surface area contributed by atoms with Crippen LogP contribution in [0.1, 0.15) is 6.42 Å². The van der Waals surface area contributed by atoms with Crippen molar-refractivity contribution in [3.05, 3.63) is 0 Å². The Morgan fingerprint density at radius 3 is 3.06 bits per heavy atom. The van der Waals surface area contributed by atoms with E-state index < -0.39 is 6.09 Å². The molecule has 0 bridgehead atoms. The van der Waals surface area contributed by atoms with Crippen LogP contribution in [0.4, 0.5) is 4.79 Å². The Bertz CT molecular complexity index is 306. The molecule has 0 radical (unpaired) electrons. The quantitative estimate of drug-likeness (QED) is 0.620. The molecule has 0 saturated carbocycles. The number of nitrogens with zero attached hydrogens (tertiary/aromatic N) is 1. The summed E-state index contributed by atoms with van der Waals surface area (Å²) in [6.07, 6.45) is -0.143. The molecule has 2 saturated heterocycles. The van der Waals surface area contributed by atoms with Gasteiger partial charge >= 0.3 is 12.1 Å². The van der Waals surface area contributed by atoms with Crippen LogP contribution < -0.4 is 0 Å². The van der Waals surface area contributed by atoms with E-state index in [1.807, 2.05) is 0 Å². The molecule has 3 atom stereocenters. The van der Waals surface area contributed by atoms with E-state index in [2.05, 4.69) is 4.74 Å². The molecule has 0 aliphatic carbocycles. The van der Waals surface area contributed by atoms with Crippen molar-refractivity contribution in [3.63, 3.8) is 0 Å². The number of aliphatic hydroxyl groups is 1. The molecule has 0 spiro atoms. The lowest BCUT2D eigenvalue weighted by molar-refractivity contribution is -0.152. The summed E-state index contributed by atoms with van der Waals surface area (Å²) >= 11 is 0. The maximum absolute atomic E-state index is 11.5. The van der Waals surface area contributed by atoms with Crippen LogP contribution in [0.5, 0.6) is 0 Å². The van der Waals surface area contributed by atoms with Gasteiger partial charge in [-0.1, -0.05) is 0 Å². The summed E-state index contributed by atoms with van der Waals surface area (Å²) in [5.41, 5.74) is 0. The number of fused-ring (bicyclic) bond motifs is 1. The Morgan fingerprint density at radius 2 is 2.44 bits per heavy atom.